The molecule has 2 aromatic rings. The lowest BCUT2D eigenvalue weighted by Gasteiger charge is -2.16. The van der Waals surface area contributed by atoms with E-state index in [0.29, 0.717) is 11.2 Å². The lowest BCUT2D eigenvalue weighted by molar-refractivity contribution is -0.0424. The second-order valence-corrected chi connectivity index (χ2v) is 6.04. The molecule has 0 spiro atoms. The number of hydrogen-bond acceptors (Lipinski definition) is 8. The second kappa shape index (κ2) is 5.54. The first-order valence-corrected chi connectivity index (χ1v) is 7.85. The Bertz CT molecular complexity index is 732. The molecule has 0 aromatic carbocycles. The Morgan fingerprint density at radius 1 is 1.45 bits per heavy atom. The van der Waals surface area contributed by atoms with Crippen LogP contribution >= 0.6 is 7.82 Å². The molecule has 0 unspecified atom stereocenters. The lowest BCUT2D eigenvalue weighted by Crippen LogP contribution is -2.25. The zero-order chi connectivity index (χ0) is 15.9. The maximum absolute atomic E-state index is 10.7. The van der Waals surface area contributed by atoms with Crippen LogP contribution in [0.15, 0.2) is 12.7 Å². The molecule has 3 atom stereocenters. The van der Waals surface area contributed by atoms with Gasteiger partial charge < -0.3 is 25.4 Å². The third-order valence-corrected chi connectivity index (χ3v) is 3.79. The highest BCUT2D eigenvalue weighted by Gasteiger charge is 2.37. The Kier molecular flexibility index (Phi) is 3.85. The van der Waals surface area contributed by atoms with Gasteiger partial charge in [-0.15, -0.1) is 0 Å². The topological polar surface area (TPSA) is 166 Å². The molecule has 2 aromatic heterocycles. The number of nitrogen functional groups attached to an aromatic ring is 1. The number of nitrogens with zero attached hydrogens (tertiary/aromatic N) is 4. The number of ether oxygens (including phenoxy) is 1. The maximum Gasteiger partial charge on any atom is 0.469 e. The minimum atomic E-state index is -4.62. The van der Waals surface area contributed by atoms with Crippen LogP contribution < -0.4 is 5.73 Å². The predicted molar refractivity (Wildman–Crippen MR) is 72.3 cm³/mol. The van der Waals surface area contributed by atoms with Crippen LogP contribution in [0.2, 0.25) is 0 Å². The van der Waals surface area contributed by atoms with Gasteiger partial charge in [0.2, 0.25) is 0 Å². The van der Waals surface area contributed by atoms with Gasteiger partial charge in [-0.3, -0.25) is 9.09 Å². The lowest BCUT2D eigenvalue weighted by atomic mass is 10.2. The van der Waals surface area contributed by atoms with Crippen LogP contribution in [-0.4, -0.2) is 53.2 Å². The first kappa shape index (κ1) is 15.3. The van der Waals surface area contributed by atoms with E-state index in [4.69, 9.17) is 20.3 Å². The normalized spacial score (nSPS) is 25.9. The number of phosphoric acid groups is 1. The van der Waals surface area contributed by atoms with E-state index in [1.807, 2.05) is 0 Å². The van der Waals surface area contributed by atoms with Crippen molar-refractivity contribution in [2.45, 2.75) is 24.9 Å². The van der Waals surface area contributed by atoms with E-state index in [-0.39, 0.29) is 12.2 Å². The Labute approximate surface area is 124 Å². The number of aromatic nitrogens is 4. The maximum atomic E-state index is 10.7. The number of fused-ring (bicyclic) bond motifs is 1. The van der Waals surface area contributed by atoms with Gasteiger partial charge in [-0.2, -0.15) is 0 Å². The van der Waals surface area contributed by atoms with Gasteiger partial charge in [-0.05, 0) is 0 Å². The van der Waals surface area contributed by atoms with E-state index < -0.39 is 32.9 Å². The van der Waals surface area contributed by atoms with Gasteiger partial charge in [0.25, 0.3) is 0 Å². The highest BCUT2D eigenvalue weighted by molar-refractivity contribution is 7.46. The quantitative estimate of drug-likeness (QED) is 0.519. The van der Waals surface area contributed by atoms with Crippen molar-refractivity contribution < 1.29 is 28.7 Å². The molecular formula is C10H14N5O6P. The average molecular weight is 331 g/mol. The molecule has 0 aliphatic carbocycles. The Morgan fingerprint density at radius 2 is 2.23 bits per heavy atom. The number of phosphoric ester groups is 1. The number of aliphatic hydroxyl groups excluding tert-OH is 1. The summed E-state index contributed by atoms with van der Waals surface area (Å²) in [6.45, 7) is -0.425. The molecule has 1 saturated heterocycles. The summed E-state index contributed by atoms with van der Waals surface area (Å²) >= 11 is 0. The van der Waals surface area contributed by atoms with E-state index in [2.05, 4.69) is 19.5 Å². The third kappa shape index (κ3) is 2.95. The monoisotopic (exact) mass is 331 g/mol. The van der Waals surface area contributed by atoms with Gasteiger partial charge in [-0.25, -0.2) is 19.5 Å². The molecule has 0 radical (unpaired) electrons. The molecular weight excluding hydrogens is 317 g/mol. The number of aliphatic hydroxyl groups is 1. The summed E-state index contributed by atoms with van der Waals surface area (Å²) in [4.78, 5) is 29.4. The van der Waals surface area contributed by atoms with Crippen molar-refractivity contribution in [2.75, 3.05) is 12.3 Å². The van der Waals surface area contributed by atoms with Gasteiger partial charge >= 0.3 is 7.82 Å². The van der Waals surface area contributed by atoms with Crippen molar-refractivity contribution in [1.29, 1.82) is 0 Å². The van der Waals surface area contributed by atoms with Gasteiger partial charge in [0.05, 0.1) is 19.0 Å². The van der Waals surface area contributed by atoms with E-state index in [1.54, 1.807) is 4.57 Å². The SMILES string of the molecule is Nc1ncnc2c1ncn2[C@H]1C[C@H](O)[C@H](COP(=O)(O)O)O1. The summed E-state index contributed by atoms with van der Waals surface area (Å²) in [6.07, 6.45) is 0.543. The van der Waals surface area contributed by atoms with E-state index in [1.165, 1.54) is 12.7 Å². The molecule has 0 amide bonds. The zero-order valence-electron chi connectivity index (χ0n) is 11.2. The van der Waals surface area contributed by atoms with Gasteiger partial charge in [0, 0.05) is 6.42 Å². The minimum absolute atomic E-state index is 0.199. The number of rotatable bonds is 4. The van der Waals surface area contributed by atoms with Gasteiger partial charge in [-0.1, -0.05) is 0 Å². The van der Waals surface area contributed by atoms with E-state index in [0.717, 1.165) is 0 Å². The molecule has 0 saturated carbocycles. The fourth-order valence-electron chi connectivity index (χ4n) is 2.29. The van der Waals surface area contributed by atoms with Crippen LogP contribution in [0, 0.1) is 0 Å². The molecule has 0 bridgehead atoms. The van der Waals surface area contributed by atoms with Gasteiger partial charge in [0.1, 0.15) is 24.2 Å². The standard InChI is InChI=1S/C10H14N5O6P/c11-9-8-10(13-3-12-9)15(4-14-8)7-1-5(16)6(21-7)2-20-22(17,18)19/h3-7,16H,1-2H2,(H2,11,12,13)(H2,17,18,19)/t5-,6-,7+/m0/s1. The van der Waals surface area contributed by atoms with Crippen molar-refractivity contribution in [2.24, 2.45) is 0 Å². The fourth-order valence-corrected chi connectivity index (χ4v) is 2.63. The van der Waals surface area contributed by atoms with Crippen molar-refractivity contribution in [3.8, 4) is 0 Å². The first-order valence-electron chi connectivity index (χ1n) is 6.32. The van der Waals surface area contributed by atoms with E-state index >= 15 is 0 Å². The summed E-state index contributed by atoms with van der Waals surface area (Å²) < 4.78 is 22.2. The minimum Gasteiger partial charge on any atom is -0.390 e. The van der Waals surface area contributed by atoms with Crippen LogP contribution in [0.4, 0.5) is 5.82 Å². The van der Waals surface area contributed by atoms with Crippen LogP contribution in [0.3, 0.4) is 0 Å². The molecule has 11 nitrogen and oxygen atoms in total. The molecule has 1 aliphatic heterocycles. The summed E-state index contributed by atoms with van der Waals surface area (Å²) in [5, 5.41) is 9.93. The summed E-state index contributed by atoms with van der Waals surface area (Å²) in [5.41, 5.74) is 6.55. The molecule has 120 valence electrons. The van der Waals surface area contributed by atoms with Crippen molar-refractivity contribution >= 4 is 24.8 Å². The molecule has 3 rings (SSSR count). The predicted octanol–water partition coefficient (Wildman–Crippen LogP) is -0.834. The Hall–Kier alpha value is -1.62. The van der Waals surface area contributed by atoms with E-state index in [9.17, 15) is 9.67 Å². The average Bonchev–Trinajstić information content (AvgIpc) is 3.00. The van der Waals surface area contributed by atoms with Crippen LogP contribution in [0.5, 0.6) is 0 Å². The summed E-state index contributed by atoms with van der Waals surface area (Å²) in [6, 6.07) is 0. The highest BCUT2D eigenvalue weighted by atomic mass is 31.2. The first-order chi connectivity index (χ1) is 10.3. The molecule has 1 aliphatic rings. The Balaban J connectivity index is 1.78. The van der Waals surface area contributed by atoms with Crippen molar-refractivity contribution in [1.82, 2.24) is 19.5 Å². The summed E-state index contributed by atoms with van der Waals surface area (Å²) in [7, 11) is -4.62. The smallest absolute Gasteiger partial charge is 0.390 e. The van der Waals surface area contributed by atoms with Crippen molar-refractivity contribution in [3.63, 3.8) is 0 Å². The fraction of sp³-hybridized carbons (Fsp3) is 0.500. The second-order valence-electron chi connectivity index (χ2n) is 4.80. The van der Waals surface area contributed by atoms with Crippen LogP contribution in [0.25, 0.3) is 11.2 Å². The number of anilines is 1. The highest BCUT2D eigenvalue weighted by Crippen LogP contribution is 2.38. The molecule has 3 heterocycles. The number of hydrogen-bond donors (Lipinski definition) is 4. The van der Waals surface area contributed by atoms with Crippen LogP contribution in [-0.2, 0) is 13.8 Å². The van der Waals surface area contributed by atoms with Gasteiger partial charge in [0.15, 0.2) is 11.5 Å². The largest absolute Gasteiger partial charge is 0.469 e. The number of imidazole rings is 1. The Morgan fingerprint density at radius 3 is 2.95 bits per heavy atom. The zero-order valence-corrected chi connectivity index (χ0v) is 12.1. The van der Waals surface area contributed by atoms with Crippen molar-refractivity contribution in [3.05, 3.63) is 12.7 Å². The molecule has 22 heavy (non-hydrogen) atoms. The number of nitrogens with two attached hydrogens (primary N) is 1. The third-order valence-electron chi connectivity index (χ3n) is 3.31. The summed E-state index contributed by atoms with van der Waals surface area (Å²) in [5.74, 6) is 0.226. The molecule has 5 N–H and O–H groups in total. The molecule has 12 heteroatoms. The van der Waals surface area contributed by atoms with Crippen LogP contribution in [0.1, 0.15) is 12.6 Å². The molecule has 1 fully saturated rings.